The molecule has 0 unspecified atom stereocenters. The second-order valence-electron chi connectivity index (χ2n) is 6.91. The van der Waals surface area contributed by atoms with Gasteiger partial charge < -0.3 is 4.42 Å². The Hall–Kier alpha value is -2.73. The molecule has 0 N–H and O–H groups in total. The van der Waals surface area contributed by atoms with Crippen LogP contribution < -0.4 is 0 Å². The molecule has 0 bridgehead atoms. The minimum absolute atomic E-state index is 0.190. The summed E-state index contributed by atoms with van der Waals surface area (Å²) in [6, 6.07) is 13.1. The van der Waals surface area contributed by atoms with Gasteiger partial charge in [-0.15, -0.1) is 0 Å². The average molecular weight is 351 g/mol. The van der Waals surface area contributed by atoms with E-state index in [0.717, 1.165) is 54.0 Å². The van der Waals surface area contributed by atoms with Crippen molar-refractivity contribution in [1.82, 2.24) is 9.88 Å². The van der Waals surface area contributed by atoms with Gasteiger partial charge in [0.05, 0.1) is 4.92 Å². The summed E-state index contributed by atoms with van der Waals surface area (Å²) >= 11 is 0. The Bertz CT molecular complexity index is 917. The number of fused-ring (bicyclic) bond motifs is 1. The van der Waals surface area contributed by atoms with E-state index in [9.17, 15) is 10.1 Å². The molecule has 6 nitrogen and oxygen atoms in total. The van der Waals surface area contributed by atoms with E-state index in [0.29, 0.717) is 6.54 Å². The summed E-state index contributed by atoms with van der Waals surface area (Å²) in [5, 5.41) is 11.2. The predicted molar refractivity (Wildman–Crippen MR) is 99.1 cm³/mol. The summed E-state index contributed by atoms with van der Waals surface area (Å²) in [5.41, 5.74) is 3.68. The number of nitro groups is 1. The Morgan fingerprint density at radius 2 is 2.12 bits per heavy atom. The topological polar surface area (TPSA) is 72.4 Å². The fraction of sp³-hybridized carbons (Fsp3) is 0.350. The summed E-state index contributed by atoms with van der Waals surface area (Å²) in [7, 11) is 0. The molecule has 1 aromatic heterocycles. The summed E-state index contributed by atoms with van der Waals surface area (Å²) < 4.78 is 5.95. The van der Waals surface area contributed by atoms with Gasteiger partial charge in [0.25, 0.3) is 5.69 Å². The highest BCUT2D eigenvalue weighted by molar-refractivity contribution is 5.72. The van der Waals surface area contributed by atoms with Crippen molar-refractivity contribution in [1.29, 1.82) is 0 Å². The van der Waals surface area contributed by atoms with Gasteiger partial charge in [-0.05, 0) is 44.0 Å². The lowest BCUT2D eigenvalue weighted by Gasteiger charge is -2.31. The molecule has 134 valence electrons. The van der Waals surface area contributed by atoms with Gasteiger partial charge in [0.1, 0.15) is 5.52 Å². The first-order chi connectivity index (χ1) is 12.6. The van der Waals surface area contributed by atoms with Gasteiger partial charge >= 0.3 is 0 Å². The summed E-state index contributed by atoms with van der Waals surface area (Å²) in [6.45, 7) is 4.38. The predicted octanol–water partition coefficient (Wildman–Crippen LogP) is 4.42. The minimum Gasteiger partial charge on any atom is -0.440 e. The molecule has 3 aromatic rings. The molecule has 1 aliphatic heterocycles. The van der Waals surface area contributed by atoms with Gasteiger partial charge in [-0.3, -0.25) is 15.0 Å². The molecular weight excluding hydrogens is 330 g/mol. The standard InChI is InChI=1S/C20H21N3O3/c1-14-15(6-4-9-18(14)23(24)25)12-22-11-5-7-16(13-22)20-21-17-8-2-3-10-19(17)26-20/h2-4,6,8-10,16H,5,7,11-13H2,1H3/t16-/m0/s1. The lowest BCUT2D eigenvalue weighted by Crippen LogP contribution is -2.34. The number of aromatic nitrogens is 1. The molecule has 0 aliphatic carbocycles. The highest BCUT2D eigenvalue weighted by Crippen LogP contribution is 2.30. The van der Waals surface area contributed by atoms with E-state index < -0.39 is 0 Å². The van der Waals surface area contributed by atoms with Crippen LogP contribution in [-0.4, -0.2) is 27.9 Å². The zero-order valence-electron chi connectivity index (χ0n) is 14.7. The van der Waals surface area contributed by atoms with E-state index in [1.807, 2.05) is 37.3 Å². The molecule has 2 aromatic carbocycles. The number of oxazole rings is 1. The number of hydrogen-bond donors (Lipinski definition) is 0. The normalized spacial score (nSPS) is 18.3. The number of piperidine rings is 1. The van der Waals surface area contributed by atoms with Gasteiger partial charge in [0.15, 0.2) is 11.5 Å². The maximum atomic E-state index is 11.2. The maximum Gasteiger partial charge on any atom is 0.272 e. The molecule has 1 fully saturated rings. The molecule has 6 heteroatoms. The van der Waals surface area contributed by atoms with Crippen molar-refractivity contribution in [3.8, 4) is 0 Å². The first kappa shape index (κ1) is 16.7. The van der Waals surface area contributed by atoms with Crippen molar-refractivity contribution in [3.05, 3.63) is 69.6 Å². The Morgan fingerprint density at radius 3 is 2.92 bits per heavy atom. The van der Waals surface area contributed by atoms with Crippen LogP contribution in [0.1, 0.15) is 35.8 Å². The van der Waals surface area contributed by atoms with Crippen LogP contribution in [0.4, 0.5) is 5.69 Å². The zero-order chi connectivity index (χ0) is 18.1. The van der Waals surface area contributed by atoms with Crippen molar-refractivity contribution in [3.63, 3.8) is 0 Å². The molecule has 0 saturated carbocycles. The SMILES string of the molecule is Cc1c(CN2CCC[C@H](c3nc4ccccc4o3)C2)cccc1[N+](=O)[O-]. The second kappa shape index (κ2) is 6.88. The summed E-state index contributed by atoms with van der Waals surface area (Å²) in [4.78, 5) is 17.8. The van der Waals surface area contributed by atoms with Gasteiger partial charge in [-0.25, -0.2) is 4.98 Å². The van der Waals surface area contributed by atoms with Gasteiger partial charge in [0.2, 0.25) is 0 Å². The number of hydrogen-bond acceptors (Lipinski definition) is 5. The van der Waals surface area contributed by atoms with Crippen LogP contribution in [0.5, 0.6) is 0 Å². The van der Waals surface area contributed by atoms with Crippen LogP contribution in [-0.2, 0) is 6.54 Å². The van der Waals surface area contributed by atoms with Gasteiger partial charge in [-0.1, -0.05) is 24.3 Å². The third-order valence-electron chi connectivity index (χ3n) is 5.17. The smallest absolute Gasteiger partial charge is 0.272 e. The average Bonchev–Trinajstić information content (AvgIpc) is 3.08. The maximum absolute atomic E-state index is 11.2. The number of benzene rings is 2. The number of nitrogens with zero attached hydrogens (tertiary/aromatic N) is 3. The lowest BCUT2D eigenvalue weighted by molar-refractivity contribution is -0.385. The first-order valence-electron chi connectivity index (χ1n) is 8.92. The van der Waals surface area contributed by atoms with E-state index in [-0.39, 0.29) is 16.5 Å². The Labute approximate surface area is 151 Å². The monoisotopic (exact) mass is 351 g/mol. The second-order valence-corrected chi connectivity index (χ2v) is 6.91. The third kappa shape index (κ3) is 3.20. The molecule has 0 amide bonds. The Kier molecular flexibility index (Phi) is 4.42. The van der Waals surface area contributed by atoms with E-state index in [2.05, 4.69) is 9.88 Å². The molecule has 0 spiro atoms. The summed E-state index contributed by atoms with van der Waals surface area (Å²) in [6.07, 6.45) is 2.12. The quantitative estimate of drug-likeness (QED) is 0.514. The van der Waals surface area contributed by atoms with E-state index >= 15 is 0 Å². The summed E-state index contributed by atoms with van der Waals surface area (Å²) in [5.74, 6) is 1.06. The molecule has 26 heavy (non-hydrogen) atoms. The minimum atomic E-state index is -0.309. The Balaban J connectivity index is 1.52. The highest BCUT2D eigenvalue weighted by atomic mass is 16.6. The fourth-order valence-corrected chi connectivity index (χ4v) is 3.75. The van der Waals surface area contributed by atoms with Crippen LogP contribution in [0.25, 0.3) is 11.1 Å². The lowest BCUT2D eigenvalue weighted by atomic mass is 9.97. The number of nitro benzene ring substituents is 1. The largest absolute Gasteiger partial charge is 0.440 e. The fourth-order valence-electron chi connectivity index (χ4n) is 3.75. The molecule has 0 radical (unpaired) electrons. The van der Waals surface area contributed by atoms with Crippen LogP contribution in [0, 0.1) is 17.0 Å². The molecule has 2 heterocycles. The van der Waals surface area contributed by atoms with Crippen LogP contribution in [0.15, 0.2) is 46.9 Å². The van der Waals surface area contributed by atoms with E-state index in [4.69, 9.17) is 4.42 Å². The van der Waals surface area contributed by atoms with E-state index in [1.165, 1.54) is 0 Å². The molecule has 4 rings (SSSR count). The van der Waals surface area contributed by atoms with Crippen molar-refractivity contribution in [2.24, 2.45) is 0 Å². The van der Waals surface area contributed by atoms with E-state index in [1.54, 1.807) is 12.1 Å². The number of rotatable bonds is 4. The van der Waals surface area contributed by atoms with Crippen molar-refractivity contribution >= 4 is 16.8 Å². The van der Waals surface area contributed by atoms with Crippen LogP contribution >= 0.6 is 0 Å². The number of para-hydroxylation sites is 2. The Morgan fingerprint density at radius 1 is 1.27 bits per heavy atom. The zero-order valence-corrected chi connectivity index (χ0v) is 14.7. The van der Waals surface area contributed by atoms with Gasteiger partial charge in [-0.2, -0.15) is 0 Å². The van der Waals surface area contributed by atoms with Crippen molar-refractivity contribution < 1.29 is 9.34 Å². The molecule has 1 aliphatic rings. The van der Waals surface area contributed by atoms with Crippen molar-refractivity contribution in [2.45, 2.75) is 32.2 Å². The first-order valence-corrected chi connectivity index (χ1v) is 8.92. The molecule has 1 atom stereocenters. The highest BCUT2D eigenvalue weighted by Gasteiger charge is 2.26. The molecule has 1 saturated heterocycles. The molecular formula is C20H21N3O3. The number of likely N-dealkylation sites (tertiary alicyclic amines) is 1. The van der Waals surface area contributed by atoms with Crippen LogP contribution in [0.2, 0.25) is 0 Å². The third-order valence-corrected chi connectivity index (χ3v) is 5.17. The van der Waals surface area contributed by atoms with Gasteiger partial charge in [0, 0.05) is 30.6 Å². The van der Waals surface area contributed by atoms with Crippen molar-refractivity contribution in [2.75, 3.05) is 13.1 Å². The van der Waals surface area contributed by atoms with Crippen LogP contribution in [0.3, 0.4) is 0 Å².